The minimum absolute atomic E-state index is 0.0667. The van der Waals surface area contributed by atoms with Gasteiger partial charge in [-0.05, 0) is 27.3 Å². The average Bonchev–Trinajstić information content (AvgIpc) is 2.33. The molecule has 106 valence electrons. The van der Waals surface area contributed by atoms with E-state index in [1.54, 1.807) is 0 Å². The van der Waals surface area contributed by atoms with E-state index in [1.165, 1.54) is 7.11 Å². The zero-order valence-electron chi connectivity index (χ0n) is 12.5. The number of unbranched alkanes of at least 4 members (excludes halogenated alkanes) is 1. The number of rotatable bonds is 5. The third kappa shape index (κ3) is 3.69. The molecule has 4 nitrogen and oxygen atoms in total. The number of likely N-dealkylation sites (N-methyl/N-ethyl adjacent to an activating group) is 1. The summed E-state index contributed by atoms with van der Waals surface area (Å²) in [6.45, 7) is 9.49. The van der Waals surface area contributed by atoms with Gasteiger partial charge in [0.05, 0.1) is 7.11 Å². The third-order valence-electron chi connectivity index (χ3n) is 4.09. The van der Waals surface area contributed by atoms with E-state index in [1.807, 2.05) is 0 Å². The molecule has 4 heteroatoms. The van der Waals surface area contributed by atoms with Crippen molar-refractivity contribution in [3.8, 4) is 0 Å². The van der Waals surface area contributed by atoms with Crippen molar-refractivity contribution in [1.29, 1.82) is 0 Å². The zero-order valence-corrected chi connectivity index (χ0v) is 12.5. The van der Waals surface area contributed by atoms with Crippen molar-refractivity contribution >= 4 is 5.97 Å². The van der Waals surface area contributed by atoms with Crippen LogP contribution in [0, 0.1) is 0 Å². The van der Waals surface area contributed by atoms with Gasteiger partial charge in [0.25, 0.3) is 0 Å². The maximum atomic E-state index is 11.9. The Bertz CT molecular complexity index is 279. The largest absolute Gasteiger partial charge is 0.468 e. The summed E-state index contributed by atoms with van der Waals surface area (Å²) < 4.78 is 4.96. The van der Waals surface area contributed by atoms with Crippen molar-refractivity contribution < 1.29 is 9.53 Å². The molecule has 0 saturated carbocycles. The van der Waals surface area contributed by atoms with Crippen LogP contribution in [0.15, 0.2) is 0 Å². The lowest BCUT2D eigenvalue weighted by atomic mass is 9.97. The van der Waals surface area contributed by atoms with Crippen LogP contribution in [0.2, 0.25) is 0 Å². The number of nitrogens with zero attached hydrogens (tertiary/aromatic N) is 2. The highest BCUT2D eigenvalue weighted by molar-refractivity contribution is 5.75. The molecule has 1 aliphatic rings. The van der Waals surface area contributed by atoms with Gasteiger partial charge in [-0.15, -0.1) is 0 Å². The summed E-state index contributed by atoms with van der Waals surface area (Å²) in [7, 11) is 3.64. The van der Waals surface area contributed by atoms with E-state index in [0.717, 1.165) is 38.9 Å². The normalized spacial score (nSPS) is 22.7. The van der Waals surface area contributed by atoms with Gasteiger partial charge in [-0.1, -0.05) is 19.8 Å². The first-order valence-corrected chi connectivity index (χ1v) is 6.95. The number of piperazine rings is 1. The molecule has 0 aliphatic carbocycles. The van der Waals surface area contributed by atoms with Gasteiger partial charge in [-0.25, -0.2) is 0 Å². The van der Waals surface area contributed by atoms with Crippen LogP contribution in [0.3, 0.4) is 0 Å². The monoisotopic (exact) mass is 256 g/mol. The second kappa shape index (κ2) is 6.53. The Morgan fingerprint density at radius 3 is 2.56 bits per heavy atom. The quantitative estimate of drug-likeness (QED) is 0.702. The van der Waals surface area contributed by atoms with Gasteiger partial charge < -0.3 is 4.74 Å². The summed E-state index contributed by atoms with van der Waals surface area (Å²) in [4.78, 5) is 16.6. The molecular formula is C14H28N2O2. The Hall–Kier alpha value is -0.610. The molecule has 1 fully saturated rings. The fraction of sp³-hybridized carbons (Fsp3) is 0.929. The lowest BCUT2D eigenvalue weighted by Crippen LogP contribution is -2.61. The van der Waals surface area contributed by atoms with Crippen LogP contribution in [0.25, 0.3) is 0 Å². The molecule has 0 amide bonds. The Balaban J connectivity index is 2.70. The second-order valence-electron chi connectivity index (χ2n) is 5.89. The van der Waals surface area contributed by atoms with Gasteiger partial charge in [-0.2, -0.15) is 0 Å². The van der Waals surface area contributed by atoms with Gasteiger partial charge in [0.2, 0.25) is 0 Å². The fourth-order valence-corrected chi connectivity index (χ4v) is 2.53. The van der Waals surface area contributed by atoms with Crippen LogP contribution in [0.1, 0.15) is 40.0 Å². The number of ether oxygens (including phenoxy) is 1. The predicted octanol–water partition coefficient (Wildman–Crippen LogP) is 1.74. The molecule has 1 atom stereocenters. The molecular weight excluding hydrogens is 228 g/mol. The highest BCUT2D eigenvalue weighted by Gasteiger charge is 2.36. The van der Waals surface area contributed by atoms with E-state index in [9.17, 15) is 4.79 Å². The molecule has 1 saturated heterocycles. The molecule has 0 aromatic heterocycles. The molecule has 0 N–H and O–H groups in total. The van der Waals surface area contributed by atoms with Crippen LogP contribution in [0.5, 0.6) is 0 Å². The summed E-state index contributed by atoms with van der Waals surface area (Å²) >= 11 is 0. The first-order chi connectivity index (χ1) is 8.42. The Morgan fingerprint density at radius 2 is 2.06 bits per heavy atom. The van der Waals surface area contributed by atoms with Gasteiger partial charge in [0.1, 0.15) is 6.04 Å². The third-order valence-corrected chi connectivity index (χ3v) is 4.09. The van der Waals surface area contributed by atoms with Crippen LogP contribution in [-0.2, 0) is 9.53 Å². The van der Waals surface area contributed by atoms with E-state index >= 15 is 0 Å². The Kier molecular flexibility index (Phi) is 5.60. The zero-order chi connectivity index (χ0) is 13.8. The molecule has 1 unspecified atom stereocenters. The van der Waals surface area contributed by atoms with Crippen molar-refractivity contribution in [1.82, 2.24) is 9.80 Å². The molecule has 18 heavy (non-hydrogen) atoms. The van der Waals surface area contributed by atoms with Gasteiger partial charge in [-0.3, -0.25) is 14.6 Å². The van der Waals surface area contributed by atoms with Crippen LogP contribution >= 0.6 is 0 Å². The lowest BCUT2D eigenvalue weighted by Gasteiger charge is -2.47. The van der Waals surface area contributed by atoms with Crippen molar-refractivity contribution in [2.24, 2.45) is 0 Å². The van der Waals surface area contributed by atoms with E-state index in [0.29, 0.717) is 0 Å². The van der Waals surface area contributed by atoms with Crippen molar-refractivity contribution in [3.63, 3.8) is 0 Å². The van der Waals surface area contributed by atoms with Crippen molar-refractivity contribution in [2.75, 3.05) is 33.8 Å². The molecule has 1 rings (SSSR count). The van der Waals surface area contributed by atoms with Crippen LogP contribution in [-0.4, -0.2) is 61.1 Å². The maximum Gasteiger partial charge on any atom is 0.323 e. The molecule has 0 spiro atoms. The highest BCUT2D eigenvalue weighted by Crippen LogP contribution is 2.22. The van der Waals surface area contributed by atoms with E-state index in [-0.39, 0.29) is 17.6 Å². The lowest BCUT2D eigenvalue weighted by molar-refractivity contribution is -0.149. The number of hydrogen-bond acceptors (Lipinski definition) is 4. The smallest absolute Gasteiger partial charge is 0.323 e. The summed E-state index contributed by atoms with van der Waals surface area (Å²) in [6, 6.07) is -0.0667. The molecule has 0 bridgehead atoms. The van der Waals surface area contributed by atoms with Gasteiger partial charge in [0.15, 0.2) is 0 Å². The standard InChI is InChI=1S/C14H28N2O2/c1-6-7-8-12(13(17)18-5)16-10-9-15(4)14(2,3)11-16/h12H,6-11H2,1-5H3. The fourth-order valence-electron chi connectivity index (χ4n) is 2.53. The van der Waals surface area contributed by atoms with Crippen LogP contribution < -0.4 is 0 Å². The predicted molar refractivity (Wildman–Crippen MR) is 73.6 cm³/mol. The molecule has 0 aromatic rings. The minimum Gasteiger partial charge on any atom is -0.468 e. The SMILES string of the molecule is CCCCC(C(=O)OC)N1CCN(C)C(C)(C)C1. The number of hydrogen-bond donors (Lipinski definition) is 0. The summed E-state index contributed by atoms with van der Waals surface area (Å²) in [5.74, 6) is -0.0798. The number of carbonyl (C=O) groups excluding carboxylic acids is 1. The molecule has 1 aliphatic heterocycles. The van der Waals surface area contributed by atoms with Crippen molar-refractivity contribution in [2.45, 2.75) is 51.6 Å². The summed E-state index contributed by atoms with van der Waals surface area (Å²) in [5.41, 5.74) is 0.122. The van der Waals surface area contributed by atoms with Crippen LogP contribution in [0.4, 0.5) is 0 Å². The average molecular weight is 256 g/mol. The topological polar surface area (TPSA) is 32.8 Å². The van der Waals surface area contributed by atoms with Gasteiger partial charge in [0, 0.05) is 25.2 Å². The highest BCUT2D eigenvalue weighted by atomic mass is 16.5. The molecule has 0 radical (unpaired) electrons. The molecule has 1 heterocycles. The maximum absolute atomic E-state index is 11.9. The van der Waals surface area contributed by atoms with Gasteiger partial charge >= 0.3 is 5.97 Å². The van der Waals surface area contributed by atoms with Crippen molar-refractivity contribution in [3.05, 3.63) is 0 Å². The number of esters is 1. The molecule has 0 aromatic carbocycles. The first kappa shape index (κ1) is 15.4. The van der Waals surface area contributed by atoms with E-state index < -0.39 is 0 Å². The Morgan fingerprint density at radius 1 is 1.39 bits per heavy atom. The minimum atomic E-state index is -0.0798. The number of methoxy groups -OCH3 is 1. The summed E-state index contributed by atoms with van der Waals surface area (Å²) in [5, 5.41) is 0. The summed E-state index contributed by atoms with van der Waals surface area (Å²) in [6.07, 6.45) is 3.10. The second-order valence-corrected chi connectivity index (χ2v) is 5.89. The Labute approximate surface area is 111 Å². The number of carbonyl (C=O) groups is 1. The van der Waals surface area contributed by atoms with E-state index in [4.69, 9.17) is 4.74 Å². The first-order valence-electron chi connectivity index (χ1n) is 6.95. The van der Waals surface area contributed by atoms with E-state index in [2.05, 4.69) is 37.6 Å².